The molecule has 1 aromatic carbocycles. The molecule has 0 N–H and O–H groups in total. The average molecular weight is 331 g/mol. The third-order valence-electron chi connectivity index (χ3n) is 2.04. The zero-order valence-electron chi connectivity index (χ0n) is 7.05. The van der Waals surface area contributed by atoms with E-state index in [0.29, 0.717) is 0 Å². The van der Waals surface area contributed by atoms with Crippen LogP contribution in [0, 0.1) is 11.3 Å². The monoisotopic (exact) mass is 329 g/mol. The van der Waals surface area contributed by atoms with Gasteiger partial charge in [-0.25, -0.2) is 0 Å². The number of hydrogen-bond acceptors (Lipinski definition) is 2. The first-order chi connectivity index (χ1) is 6.77. The molecule has 0 saturated heterocycles. The second-order valence-corrected chi connectivity index (χ2v) is 5.10. The fourth-order valence-corrected chi connectivity index (χ4v) is 3.50. The van der Waals surface area contributed by atoms with Crippen LogP contribution >= 0.6 is 43.2 Å². The maximum absolute atomic E-state index is 9.08. The number of thiophene rings is 1. The lowest BCUT2D eigenvalue weighted by molar-refractivity contribution is 1.41. The summed E-state index contributed by atoms with van der Waals surface area (Å²) in [6, 6.07) is 6.30. The molecule has 0 atom stereocenters. The van der Waals surface area contributed by atoms with Crippen molar-refractivity contribution in [1.82, 2.24) is 0 Å². The second-order valence-electron chi connectivity index (χ2n) is 2.81. The number of halogens is 2. The third kappa shape index (κ3) is 1.50. The molecule has 70 valence electrons. The van der Waals surface area contributed by atoms with E-state index in [9.17, 15) is 0 Å². The van der Waals surface area contributed by atoms with Crippen molar-refractivity contribution in [3.05, 3.63) is 33.1 Å². The van der Waals surface area contributed by atoms with Gasteiger partial charge in [0.25, 0.3) is 0 Å². The number of benzene rings is 1. The van der Waals surface area contributed by atoms with Crippen LogP contribution in [0.4, 0.5) is 0 Å². The first kappa shape index (κ1) is 10.2. The highest BCUT2D eigenvalue weighted by atomic mass is 79.9. The van der Waals surface area contributed by atoms with Crippen LogP contribution in [-0.2, 0) is 5.33 Å². The molecule has 0 bridgehead atoms. The number of nitriles is 1. The van der Waals surface area contributed by atoms with Gasteiger partial charge in [-0.1, -0.05) is 28.1 Å². The topological polar surface area (TPSA) is 23.8 Å². The lowest BCUT2D eigenvalue weighted by Crippen LogP contribution is -1.84. The normalized spacial score (nSPS) is 10.4. The molecular weight excluding hydrogens is 326 g/mol. The van der Waals surface area contributed by atoms with Crippen molar-refractivity contribution in [2.24, 2.45) is 0 Å². The van der Waals surface area contributed by atoms with Gasteiger partial charge in [-0.05, 0) is 21.5 Å². The van der Waals surface area contributed by atoms with Crippen molar-refractivity contribution in [1.29, 1.82) is 5.26 Å². The zero-order valence-corrected chi connectivity index (χ0v) is 11.0. The van der Waals surface area contributed by atoms with E-state index in [-0.39, 0.29) is 0 Å². The molecule has 0 aliphatic carbocycles. The molecule has 0 radical (unpaired) electrons. The standard InChI is InChI=1S/C10H5Br2NS/c11-3-6-1-2-7-9(12)5-14-10(7)8(6)4-13/h1-2,5H,3H2. The van der Waals surface area contributed by atoms with Gasteiger partial charge in [0.1, 0.15) is 6.07 Å². The van der Waals surface area contributed by atoms with E-state index in [0.717, 1.165) is 31.0 Å². The summed E-state index contributed by atoms with van der Waals surface area (Å²) in [5.41, 5.74) is 1.84. The summed E-state index contributed by atoms with van der Waals surface area (Å²) in [5.74, 6) is 0. The third-order valence-corrected chi connectivity index (χ3v) is 4.61. The number of hydrogen-bond donors (Lipinski definition) is 0. The predicted molar refractivity (Wildman–Crippen MR) is 66.9 cm³/mol. The van der Waals surface area contributed by atoms with Crippen LogP contribution in [-0.4, -0.2) is 0 Å². The van der Waals surface area contributed by atoms with Gasteiger partial charge in [-0.3, -0.25) is 0 Å². The van der Waals surface area contributed by atoms with Gasteiger partial charge in [-0.15, -0.1) is 11.3 Å². The molecule has 0 saturated carbocycles. The molecule has 1 aromatic heterocycles. The zero-order chi connectivity index (χ0) is 10.1. The Labute approximate surface area is 103 Å². The summed E-state index contributed by atoms with van der Waals surface area (Å²) in [6.07, 6.45) is 0. The molecular formula is C10H5Br2NS. The molecule has 0 fully saturated rings. The molecule has 0 amide bonds. The fourth-order valence-electron chi connectivity index (χ4n) is 1.34. The summed E-state index contributed by atoms with van der Waals surface area (Å²) < 4.78 is 2.13. The first-order valence-corrected chi connectivity index (χ1v) is 6.72. The Balaban J connectivity index is 2.86. The molecule has 1 nitrogen and oxygen atoms in total. The molecule has 0 aliphatic heterocycles. The van der Waals surface area contributed by atoms with Crippen LogP contribution in [0.1, 0.15) is 11.1 Å². The maximum atomic E-state index is 9.08. The van der Waals surface area contributed by atoms with Crippen molar-refractivity contribution < 1.29 is 0 Å². The maximum Gasteiger partial charge on any atom is 0.101 e. The summed E-state index contributed by atoms with van der Waals surface area (Å²) in [7, 11) is 0. The van der Waals surface area contributed by atoms with E-state index in [1.165, 1.54) is 0 Å². The van der Waals surface area contributed by atoms with Crippen LogP contribution in [0.5, 0.6) is 0 Å². The smallest absolute Gasteiger partial charge is 0.101 e. The molecule has 0 spiro atoms. The van der Waals surface area contributed by atoms with Gasteiger partial charge in [0.05, 0.1) is 10.3 Å². The highest BCUT2D eigenvalue weighted by Gasteiger charge is 2.09. The van der Waals surface area contributed by atoms with Crippen molar-refractivity contribution in [2.75, 3.05) is 0 Å². The van der Waals surface area contributed by atoms with Crippen LogP contribution in [0.15, 0.2) is 22.0 Å². The van der Waals surface area contributed by atoms with E-state index < -0.39 is 0 Å². The van der Waals surface area contributed by atoms with Crippen LogP contribution in [0.3, 0.4) is 0 Å². The number of alkyl halides is 1. The number of fused-ring (bicyclic) bond motifs is 1. The molecule has 2 rings (SSSR count). The minimum atomic E-state index is 0.724. The molecule has 1 heterocycles. The number of rotatable bonds is 1. The molecule has 0 unspecified atom stereocenters. The van der Waals surface area contributed by atoms with Crippen molar-refractivity contribution >= 4 is 53.3 Å². The Kier molecular flexibility index (Phi) is 2.91. The van der Waals surface area contributed by atoms with Gasteiger partial charge in [0.15, 0.2) is 0 Å². The minimum Gasteiger partial charge on any atom is -0.192 e. The van der Waals surface area contributed by atoms with E-state index in [1.54, 1.807) is 11.3 Å². The quantitative estimate of drug-likeness (QED) is 0.709. The van der Waals surface area contributed by atoms with Gasteiger partial charge < -0.3 is 0 Å². The Morgan fingerprint density at radius 2 is 2.21 bits per heavy atom. The van der Waals surface area contributed by atoms with E-state index >= 15 is 0 Å². The Bertz CT molecular complexity index is 525. The highest BCUT2D eigenvalue weighted by molar-refractivity contribution is 9.10. The molecule has 4 heteroatoms. The van der Waals surface area contributed by atoms with Crippen LogP contribution < -0.4 is 0 Å². The Hall–Kier alpha value is -0.370. The lowest BCUT2D eigenvalue weighted by Gasteiger charge is -2.00. The van der Waals surface area contributed by atoms with E-state index in [1.807, 2.05) is 17.5 Å². The second kappa shape index (κ2) is 4.01. The summed E-state index contributed by atoms with van der Waals surface area (Å²) in [5, 5.41) is 12.9. The van der Waals surface area contributed by atoms with Crippen molar-refractivity contribution in [3.8, 4) is 6.07 Å². The SMILES string of the molecule is N#Cc1c(CBr)ccc2c(Br)csc12. The van der Waals surface area contributed by atoms with E-state index in [2.05, 4.69) is 37.9 Å². The Morgan fingerprint density at radius 3 is 2.86 bits per heavy atom. The number of nitrogens with zero attached hydrogens (tertiary/aromatic N) is 1. The molecule has 0 aliphatic rings. The van der Waals surface area contributed by atoms with Crippen LogP contribution in [0.25, 0.3) is 10.1 Å². The van der Waals surface area contributed by atoms with Gasteiger partial charge in [-0.2, -0.15) is 5.26 Å². The largest absolute Gasteiger partial charge is 0.192 e. The van der Waals surface area contributed by atoms with Gasteiger partial charge >= 0.3 is 0 Å². The Morgan fingerprint density at radius 1 is 1.43 bits per heavy atom. The lowest BCUT2D eigenvalue weighted by atomic mass is 10.1. The summed E-state index contributed by atoms with van der Waals surface area (Å²) in [6.45, 7) is 0. The predicted octanol–water partition coefficient (Wildman–Crippen LogP) is 4.43. The van der Waals surface area contributed by atoms with Gasteiger partial charge in [0.2, 0.25) is 0 Å². The van der Waals surface area contributed by atoms with E-state index in [4.69, 9.17) is 5.26 Å². The first-order valence-electron chi connectivity index (χ1n) is 3.92. The highest BCUT2D eigenvalue weighted by Crippen LogP contribution is 2.34. The van der Waals surface area contributed by atoms with Crippen molar-refractivity contribution in [2.45, 2.75) is 5.33 Å². The summed E-state index contributed by atoms with van der Waals surface area (Å²) in [4.78, 5) is 0. The average Bonchev–Trinajstić information content (AvgIpc) is 2.59. The van der Waals surface area contributed by atoms with Gasteiger partial charge in [0, 0.05) is 20.6 Å². The summed E-state index contributed by atoms with van der Waals surface area (Å²) >= 11 is 8.45. The minimum absolute atomic E-state index is 0.724. The fraction of sp³-hybridized carbons (Fsp3) is 0.100. The van der Waals surface area contributed by atoms with Crippen LogP contribution in [0.2, 0.25) is 0 Å². The molecule has 14 heavy (non-hydrogen) atoms. The van der Waals surface area contributed by atoms with Crippen molar-refractivity contribution in [3.63, 3.8) is 0 Å². The molecule has 2 aromatic rings.